The lowest BCUT2D eigenvalue weighted by Gasteiger charge is -2.18. The Hall–Kier alpha value is -0.410. The number of hydrogen-bond acceptors (Lipinski definition) is 3. The van der Waals surface area contributed by atoms with Gasteiger partial charge in [-0.15, -0.1) is 11.3 Å². The molecule has 1 aromatic heterocycles. The van der Waals surface area contributed by atoms with Crippen LogP contribution in [0.4, 0.5) is 0 Å². The van der Waals surface area contributed by atoms with E-state index in [0.717, 1.165) is 19.3 Å². The van der Waals surface area contributed by atoms with Gasteiger partial charge in [0, 0.05) is 5.92 Å². The molecule has 88 valence electrons. The highest BCUT2D eigenvalue weighted by molar-refractivity contribution is 7.11. The van der Waals surface area contributed by atoms with Gasteiger partial charge in [-0.3, -0.25) is 0 Å². The van der Waals surface area contributed by atoms with Crippen LogP contribution in [0.3, 0.4) is 0 Å². The van der Waals surface area contributed by atoms with Gasteiger partial charge in [0.15, 0.2) is 0 Å². The minimum Gasteiger partial charge on any atom is -0.388 e. The largest absolute Gasteiger partial charge is 0.388 e. The van der Waals surface area contributed by atoms with E-state index in [1.165, 1.54) is 47.7 Å². The minimum atomic E-state index is -0.224. The van der Waals surface area contributed by atoms with Crippen molar-refractivity contribution in [1.82, 2.24) is 4.98 Å². The van der Waals surface area contributed by atoms with E-state index >= 15 is 0 Å². The molecule has 2 nitrogen and oxygen atoms in total. The maximum absolute atomic E-state index is 9.94. The van der Waals surface area contributed by atoms with E-state index in [1.54, 1.807) is 11.3 Å². The molecule has 1 heterocycles. The van der Waals surface area contributed by atoms with Crippen LogP contribution in [0.5, 0.6) is 0 Å². The summed E-state index contributed by atoms with van der Waals surface area (Å²) < 4.78 is 0. The SMILES string of the molecule is OC1CCCc2nc(C3CCCCC3)sc21. The van der Waals surface area contributed by atoms with Crippen molar-refractivity contribution in [2.45, 2.75) is 63.4 Å². The Morgan fingerprint density at radius 2 is 1.88 bits per heavy atom. The van der Waals surface area contributed by atoms with E-state index in [4.69, 9.17) is 4.98 Å². The molecule has 2 aliphatic carbocycles. The summed E-state index contributed by atoms with van der Waals surface area (Å²) in [7, 11) is 0. The predicted molar refractivity (Wildman–Crippen MR) is 65.8 cm³/mol. The van der Waals surface area contributed by atoms with Gasteiger partial charge >= 0.3 is 0 Å². The molecule has 1 fully saturated rings. The average molecular weight is 237 g/mol. The molecule has 0 saturated heterocycles. The molecule has 0 aromatic carbocycles. The molecule has 2 aliphatic rings. The van der Waals surface area contributed by atoms with Crippen LogP contribution in [0, 0.1) is 0 Å². The van der Waals surface area contributed by atoms with Crippen LogP contribution in [-0.2, 0) is 6.42 Å². The van der Waals surface area contributed by atoms with Gasteiger partial charge in [-0.05, 0) is 32.1 Å². The third-order valence-corrected chi connectivity index (χ3v) is 5.25. The lowest BCUT2D eigenvalue weighted by atomic mass is 9.90. The van der Waals surface area contributed by atoms with E-state index in [-0.39, 0.29) is 6.10 Å². The second-order valence-corrected chi connectivity index (χ2v) is 6.17. The highest BCUT2D eigenvalue weighted by Gasteiger charge is 2.26. The standard InChI is InChI=1S/C13H19NOS/c15-11-8-4-7-10-12(11)16-13(14-10)9-5-2-1-3-6-9/h9,11,15H,1-8H2. The monoisotopic (exact) mass is 237 g/mol. The molecule has 0 radical (unpaired) electrons. The van der Waals surface area contributed by atoms with Crippen molar-refractivity contribution in [1.29, 1.82) is 0 Å². The van der Waals surface area contributed by atoms with Crippen molar-refractivity contribution in [3.8, 4) is 0 Å². The molecule has 1 saturated carbocycles. The fourth-order valence-corrected chi connectivity index (χ4v) is 4.24. The fraction of sp³-hybridized carbons (Fsp3) is 0.769. The van der Waals surface area contributed by atoms with Crippen molar-refractivity contribution in [2.24, 2.45) is 0 Å². The Kier molecular flexibility index (Phi) is 2.99. The molecule has 16 heavy (non-hydrogen) atoms. The summed E-state index contributed by atoms with van der Waals surface area (Å²) in [6.45, 7) is 0. The zero-order valence-corrected chi connectivity index (χ0v) is 10.4. The summed E-state index contributed by atoms with van der Waals surface area (Å²) in [5, 5.41) is 11.3. The number of fused-ring (bicyclic) bond motifs is 1. The number of aromatic nitrogens is 1. The molecule has 3 heteroatoms. The number of aryl methyl sites for hydroxylation is 1. The van der Waals surface area contributed by atoms with Gasteiger partial charge in [-0.1, -0.05) is 19.3 Å². The Labute approximate surface area is 101 Å². The molecule has 3 rings (SSSR count). The second-order valence-electron chi connectivity index (χ2n) is 5.11. The lowest BCUT2D eigenvalue weighted by Crippen LogP contribution is -2.06. The molecular formula is C13H19NOS. The zero-order chi connectivity index (χ0) is 11.0. The van der Waals surface area contributed by atoms with Crippen molar-refractivity contribution < 1.29 is 5.11 Å². The first-order valence-corrected chi connectivity index (χ1v) is 7.34. The smallest absolute Gasteiger partial charge is 0.0963 e. The first-order valence-electron chi connectivity index (χ1n) is 6.52. The van der Waals surface area contributed by atoms with Crippen LogP contribution in [0.15, 0.2) is 0 Å². The summed E-state index contributed by atoms with van der Waals surface area (Å²) in [4.78, 5) is 5.96. The highest BCUT2D eigenvalue weighted by Crippen LogP contribution is 2.40. The quantitative estimate of drug-likeness (QED) is 0.810. The first kappa shape index (κ1) is 10.7. The summed E-state index contributed by atoms with van der Waals surface area (Å²) in [5.41, 5.74) is 1.20. The average Bonchev–Trinajstić information content (AvgIpc) is 2.76. The second kappa shape index (κ2) is 4.46. The predicted octanol–water partition coefficient (Wildman–Crippen LogP) is 3.56. The van der Waals surface area contributed by atoms with Gasteiger partial charge in [-0.2, -0.15) is 0 Å². The number of hydrogen-bond donors (Lipinski definition) is 1. The Morgan fingerprint density at radius 3 is 2.62 bits per heavy atom. The first-order chi connectivity index (χ1) is 7.84. The van der Waals surface area contributed by atoms with E-state index in [1.807, 2.05) is 0 Å². The maximum Gasteiger partial charge on any atom is 0.0963 e. The van der Waals surface area contributed by atoms with Crippen LogP contribution in [0.25, 0.3) is 0 Å². The normalized spacial score (nSPS) is 26.7. The molecule has 0 aliphatic heterocycles. The van der Waals surface area contributed by atoms with Gasteiger partial charge < -0.3 is 5.11 Å². The number of aliphatic hydroxyl groups excluding tert-OH is 1. The minimum absolute atomic E-state index is 0.224. The summed E-state index contributed by atoms with van der Waals surface area (Å²) in [6, 6.07) is 0. The molecule has 0 amide bonds. The molecule has 0 spiro atoms. The Bertz CT molecular complexity index is 368. The van der Waals surface area contributed by atoms with Crippen LogP contribution in [0.1, 0.15) is 72.5 Å². The van der Waals surface area contributed by atoms with E-state index in [2.05, 4.69) is 0 Å². The summed E-state index contributed by atoms with van der Waals surface area (Å²) in [6.07, 6.45) is 9.61. The summed E-state index contributed by atoms with van der Waals surface area (Å²) >= 11 is 1.79. The molecule has 0 bridgehead atoms. The molecule has 1 N–H and O–H groups in total. The molecule has 1 aromatic rings. The van der Waals surface area contributed by atoms with Crippen molar-refractivity contribution in [2.75, 3.05) is 0 Å². The number of thiazole rings is 1. The van der Waals surface area contributed by atoms with E-state index < -0.39 is 0 Å². The van der Waals surface area contributed by atoms with E-state index in [0.29, 0.717) is 5.92 Å². The third-order valence-electron chi connectivity index (χ3n) is 3.89. The van der Waals surface area contributed by atoms with Crippen molar-refractivity contribution in [3.63, 3.8) is 0 Å². The van der Waals surface area contributed by atoms with Crippen LogP contribution < -0.4 is 0 Å². The Balaban J connectivity index is 1.85. The number of nitrogens with zero attached hydrogens (tertiary/aromatic N) is 1. The van der Waals surface area contributed by atoms with Gasteiger partial charge in [0.1, 0.15) is 0 Å². The van der Waals surface area contributed by atoms with Crippen LogP contribution in [0.2, 0.25) is 0 Å². The van der Waals surface area contributed by atoms with E-state index in [9.17, 15) is 5.11 Å². The fourth-order valence-electron chi connectivity index (χ4n) is 2.94. The van der Waals surface area contributed by atoms with Gasteiger partial charge in [-0.25, -0.2) is 4.98 Å². The third kappa shape index (κ3) is 1.91. The lowest BCUT2D eigenvalue weighted by molar-refractivity contribution is 0.160. The number of aliphatic hydroxyl groups is 1. The maximum atomic E-state index is 9.94. The summed E-state index contributed by atoms with van der Waals surface area (Å²) in [5.74, 6) is 0.691. The van der Waals surface area contributed by atoms with Gasteiger partial charge in [0.2, 0.25) is 0 Å². The highest BCUT2D eigenvalue weighted by atomic mass is 32.1. The van der Waals surface area contributed by atoms with Crippen molar-refractivity contribution >= 4 is 11.3 Å². The molecular weight excluding hydrogens is 218 g/mol. The molecule has 1 unspecified atom stereocenters. The van der Waals surface area contributed by atoms with Crippen molar-refractivity contribution in [3.05, 3.63) is 15.6 Å². The van der Waals surface area contributed by atoms with Gasteiger partial charge in [0.25, 0.3) is 0 Å². The Morgan fingerprint density at radius 1 is 1.06 bits per heavy atom. The zero-order valence-electron chi connectivity index (χ0n) is 9.61. The van der Waals surface area contributed by atoms with Crippen LogP contribution in [-0.4, -0.2) is 10.1 Å². The number of rotatable bonds is 1. The topological polar surface area (TPSA) is 33.1 Å². The molecule has 1 atom stereocenters. The van der Waals surface area contributed by atoms with Crippen LogP contribution >= 0.6 is 11.3 Å². The van der Waals surface area contributed by atoms with Gasteiger partial charge in [0.05, 0.1) is 21.7 Å².